The van der Waals surface area contributed by atoms with Crippen LogP contribution in [-0.2, 0) is 0 Å². The van der Waals surface area contributed by atoms with Gasteiger partial charge in [-0.1, -0.05) is 12.1 Å². The maximum absolute atomic E-state index is 13.0. The van der Waals surface area contributed by atoms with Gasteiger partial charge in [0.25, 0.3) is 5.69 Å². The van der Waals surface area contributed by atoms with E-state index in [0.29, 0.717) is 5.56 Å². The molecular weight excluding hydrogens is 225 g/mol. The van der Waals surface area contributed by atoms with E-state index in [1.165, 1.54) is 24.3 Å². The molecule has 4 nitrogen and oxygen atoms in total. The molecule has 0 fully saturated rings. The number of hydrogen-bond donors (Lipinski definition) is 1. The zero-order chi connectivity index (χ0) is 12.4. The number of halogens is 1. The van der Waals surface area contributed by atoms with Crippen molar-refractivity contribution < 1.29 is 14.4 Å². The minimum Gasteiger partial charge on any atom is -0.507 e. The Labute approximate surface area is 96.1 Å². The van der Waals surface area contributed by atoms with E-state index in [1.54, 1.807) is 6.07 Å². The van der Waals surface area contributed by atoms with Crippen LogP contribution in [0.25, 0.3) is 11.1 Å². The third-order valence-corrected chi connectivity index (χ3v) is 2.33. The third kappa shape index (κ3) is 2.23. The highest BCUT2D eigenvalue weighted by atomic mass is 19.1. The third-order valence-electron chi connectivity index (χ3n) is 2.33. The average Bonchev–Trinajstić information content (AvgIpc) is 2.32. The number of aromatic hydroxyl groups is 1. The first-order valence-electron chi connectivity index (χ1n) is 4.81. The minimum atomic E-state index is -0.542. The lowest BCUT2D eigenvalue weighted by atomic mass is 10.0. The summed E-state index contributed by atoms with van der Waals surface area (Å²) in [7, 11) is 0. The molecule has 0 amide bonds. The van der Waals surface area contributed by atoms with E-state index in [0.717, 1.165) is 12.1 Å². The van der Waals surface area contributed by atoms with Gasteiger partial charge in [-0.3, -0.25) is 10.1 Å². The predicted octanol–water partition coefficient (Wildman–Crippen LogP) is 3.11. The monoisotopic (exact) mass is 233 g/mol. The van der Waals surface area contributed by atoms with Crippen molar-refractivity contribution >= 4 is 5.69 Å². The number of nitro benzene ring substituents is 1. The van der Waals surface area contributed by atoms with E-state index in [4.69, 9.17) is 0 Å². The van der Waals surface area contributed by atoms with Crippen molar-refractivity contribution in [1.29, 1.82) is 0 Å². The summed E-state index contributed by atoms with van der Waals surface area (Å²) in [4.78, 5) is 10.1. The highest BCUT2D eigenvalue weighted by Crippen LogP contribution is 2.31. The van der Waals surface area contributed by atoms with Crippen LogP contribution < -0.4 is 0 Å². The normalized spacial score (nSPS) is 10.2. The summed E-state index contributed by atoms with van der Waals surface area (Å²) in [5.74, 6) is -0.629. The van der Waals surface area contributed by atoms with Gasteiger partial charge in [-0.05, 0) is 23.8 Å². The summed E-state index contributed by atoms with van der Waals surface area (Å²) < 4.78 is 13.0. The van der Waals surface area contributed by atoms with Gasteiger partial charge in [0.05, 0.1) is 4.92 Å². The summed E-state index contributed by atoms with van der Waals surface area (Å²) in [5, 5.41) is 20.2. The van der Waals surface area contributed by atoms with Crippen LogP contribution in [0.4, 0.5) is 10.1 Å². The van der Waals surface area contributed by atoms with Crippen LogP contribution in [0.15, 0.2) is 42.5 Å². The number of benzene rings is 2. The maximum Gasteiger partial charge on any atom is 0.270 e. The van der Waals surface area contributed by atoms with Crippen molar-refractivity contribution in [3.63, 3.8) is 0 Å². The van der Waals surface area contributed by atoms with Gasteiger partial charge < -0.3 is 5.11 Å². The zero-order valence-corrected chi connectivity index (χ0v) is 8.63. The lowest BCUT2D eigenvalue weighted by molar-refractivity contribution is -0.384. The second-order valence-electron chi connectivity index (χ2n) is 3.47. The topological polar surface area (TPSA) is 63.4 Å². The quantitative estimate of drug-likeness (QED) is 0.640. The first-order valence-corrected chi connectivity index (χ1v) is 4.81. The molecule has 2 aromatic carbocycles. The SMILES string of the molecule is O=[N+]([O-])c1cccc(-c2cc(F)ccc2O)c1. The average molecular weight is 233 g/mol. The molecule has 0 aromatic heterocycles. The molecule has 17 heavy (non-hydrogen) atoms. The molecule has 0 bridgehead atoms. The Morgan fingerprint density at radius 3 is 2.65 bits per heavy atom. The van der Waals surface area contributed by atoms with E-state index >= 15 is 0 Å². The smallest absolute Gasteiger partial charge is 0.270 e. The van der Waals surface area contributed by atoms with Crippen LogP contribution in [0.2, 0.25) is 0 Å². The number of phenols is 1. The fraction of sp³-hybridized carbons (Fsp3) is 0. The number of rotatable bonds is 2. The number of non-ortho nitro benzene ring substituents is 1. The van der Waals surface area contributed by atoms with E-state index in [2.05, 4.69) is 0 Å². The molecule has 2 rings (SSSR count). The molecule has 0 unspecified atom stereocenters. The first kappa shape index (κ1) is 11.1. The van der Waals surface area contributed by atoms with E-state index in [1.807, 2.05) is 0 Å². The predicted molar refractivity (Wildman–Crippen MR) is 60.2 cm³/mol. The van der Waals surface area contributed by atoms with Crippen LogP contribution in [0, 0.1) is 15.9 Å². The minimum absolute atomic E-state index is 0.105. The lowest BCUT2D eigenvalue weighted by Crippen LogP contribution is -1.88. The van der Waals surface area contributed by atoms with Gasteiger partial charge >= 0.3 is 0 Å². The van der Waals surface area contributed by atoms with Crippen LogP contribution in [0.3, 0.4) is 0 Å². The Morgan fingerprint density at radius 1 is 1.18 bits per heavy atom. The summed E-state index contributed by atoms with van der Waals surface area (Å²) >= 11 is 0. The highest BCUT2D eigenvalue weighted by Gasteiger charge is 2.10. The highest BCUT2D eigenvalue weighted by molar-refractivity contribution is 5.71. The van der Waals surface area contributed by atoms with E-state index < -0.39 is 10.7 Å². The lowest BCUT2D eigenvalue weighted by Gasteiger charge is -2.04. The molecule has 0 aliphatic carbocycles. The number of nitrogens with zero attached hydrogens (tertiary/aromatic N) is 1. The number of hydrogen-bond acceptors (Lipinski definition) is 3. The molecule has 2 aromatic rings. The fourth-order valence-electron chi connectivity index (χ4n) is 1.53. The van der Waals surface area contributed by atoms with E-state index in [-0.39, 0.29) is 17.0 Å². The largest absolute Gasteiger partial charge is 0.507 e. The van der Waals surface area contributed by atoms with Crippen molar-refractivity contribution in [2.24, 2.45) is 0 Å². The molecule has 0 saturated heterocycles. The van der Waals surface area contributed by atoms with Crippen molar-refractivity contribution in [3.05, 3.63) is 58.4 Å². The van der Waals surface area contributed by atoms with Gasteiger partial charge in [-0.15, -0.1) is 0 Å². The molecule has 0 spiro atoms. The standard InChI is InChI=1S/C12H8FNO3/c13-9-4-5-12(15)11(7-9)8-2-1-3-10(6-8)14(16)17/h1-7,15H. The van der Waals surface area contributed by atoms with Crippen molar-refractivity contribution in [2.45, 2.75) is 0 Å². The van der Waals surface area contributed by atoms with Gasteiger partial charge in [0.2, 0.25) is 0 Å². The molecule has 1 N–H and O–H groups in total. The summed E-state index contributed by atoms with van der Waals surface area (Å²) in [6.07, 6.45) is 0. The molecule has 0 aliphatic heterocycles. The molecule has 0 heterocycles. The Kier molecular flexibility index (Phi) is 2.74. The Morgan fingerprint density at radius 2 is 1.94 bits per heavy atom. The number of nitro groups is 1. The Bertz CT molecular complexity index is 584. The van der Waals surface area contributed by atoms with E-state index in [9.17, 15) is 19.6 Å². The molecule has 5 heteroatoms. The van der Waals surface area contributed by atoms with Gasteiger partial charge in [0, 0.05) is 17.7 Å². The van der Waals surface area contributed by atoms with Crippen LogP contribution >= 0.6 is 0 Å². The van der Waals surface area contributed by atoms with Gasteiger partial charge in [-0.2, -0.15) is 0 Å². The second-order valence-corrected chi connectivity index (χ2v) is 3.47. The number of phenolic OH excluding ortho intramolecular Hbond substituents is 1. The zero-order valence-electron chi connectivity index (χ0n) is 8.63. The van der Waals surface area contributed by atoms with Gasteiger partial charge in [0.1, 0.15) is 11.6 Å². The first-order chi connectivity index (χ1) is 8.08. The molecule has 0 saturated carbocycles. The Hall–Kier alpha value is -2.43. The van der Waals surface area contributed by atoms with Crippen LogP contribution in [-0.4, -0.2) is 10.0 Å². The molecular formula is C12H8FNO3. The maximum atomic E-state index is 13.0. The molecule has 0 atom stereocenters. The van der Waals surface area contributed by atoms with Crippen molar-refractivity contribution in [2.75, 3.05) is 0 Å². The van der Waals surface area contributed by atoms with Crippen molar-refractivity contribution in [1.82, 2.24) is 0 Å². The summed E-state index contributed by atoms with van der Waals surface area (Å²) in [6, 6.07) is 9.14. The van der Waals surface area contributed by atoms with Gasteiger partial charge in [-0.25, -0.2) is 4.39 Å². The van der Waals surface area contributed by atoms with Crippen LogP contribution in [0.1, 0.15) is 0 Å². The summed E-state index contributed by atoms with van der Waals surface area (Å²) in [6.45, 7) is 0. The fourth-order valence-corrected chi connectivity index (χ4v) is 1.53. The Balaban J connectivity index is 2.56. The second kappa shape index (κ2) is 4.21. The van der Waals surface area contributed by atoms with Crippen LogP contribution in [0.5, 0.6) is 5.75 Å². The van der Waals surface area contributed by atoms with Gasteiger partial charge in [0.15, 0.2) is 0 Å². The molecule has 0 radical (unpaired) electrons. The molecule has 86 valence electrons. The summed E-state index contributed by atoms with van der Waals surface area (Å²) in [5.41, 5.74) is 0.524. The van der Waals surface area contributed by atoms with Crippen molar-refractivity contribution in [3.8, 4) is 16.9 Å². The molecule has 0 aliphatic rings.